The van der Waals surface area contributed by atoms with E-state index in [9.17, 15) is 4.79 Å². The summed E-state index contributed by atoms with van der Waals surface area (Å²) in [4.78, 5) is 11.9. The van der Waals surface area contributed by atoms with Gasteiger partial charge < -0.3 is 15.8 Å². The summed E-state index contributed by atoms with van der Waals surface area (Å²) in [7, 11) is 0. The van der Waals surface area contributed by atoms with Crippen molar-refractivity contribution in [3.05, 3.63) is 0 Å². The second kappa shape index (κ2) is 6.53. The number of rotatable bonds is 7. The van der Waals surface area contributed by atoms with Crippen LogP contribution in [0.3, 0.4) is 0 Å². The first-order valence-corrected chi connectivity index (χ1v) is 7.17. The predicted molar refractivity (Wildman–Crippen MR) is 73.2 cm³/mol. The van der Waals surface area contributed by atoms with E-state index in [-0.39, 0.29) is 29.4 Å². The van der Waals surface area contributed by atoms with Gasteiger partial charge in [0.05, 0.1) is 6.10 Å². The van der Waals surface area contributed by atoms with Gasteiger partial charge in [-0.1, -0.05) is 20.8 Å². The van der Waals surface area contributed by atoms with E-state index < -0.39 is 0 Å². The molecule has 0 saturated heterocycles. The Bertz CT molecular complexity index is 277. The van der Waals surface area contributed by atoms with Gasteiger partial charge in [-0.15, -0.1) is 0 Å². The quantitative estimate of drug-likeness (QED) is 0.728. The molecule has 4 heteroatoms. The molecule has 4 nitrogen and oxygen atoms in total. The summed E-state index contributed by atoms with van der Waals surface area (Å²) in [5.41, 5.74) is 5.64. The van der Waals surface area contributed by atoms with Crippen molar-refractivity contribution in [2.45, 2.75) is 59.1 Å². The van der Waals surface area contributed by atoms with Crippen LogP contribution in [-0.2, 0) is 9.53 Å². The Hall–Kier alpha value is -0.610. The summed E-state index contributed by atoms with van der Waals surface area (Å²) in [5.74, 6) is -0.0359. The smallest absolute Gasteiger partial charge is 0.224 e. The van der Waals surface area contributed by atoms with Crippen LogP contribution < -0.4 is 11.1 Å². The van der Waals surface area contributed by atoms with E-state index in [0.717, 1.165) is 25.9 Å². The van der Waals surface area contributed by atoms with E-state index in [1.165, 1.54) is 0 Å². The lowest BCUT2D eigenvalue weighted by molar-refractivity contribution is -0.150. The lowest BCUT2D eigenvalue weighted by Gasteiger charge is -2.55. The third kappa shape index (κ3) is 2.69. The highest BCUT2D eigenvalue weighted by atomic mass is 16.5. The van der Waals surface area contributed by atoms with Crippen LogP contribution in [0.25, 0.3) is 0 Å². The summed E-state index contributed by atoms with van der Waals surface area (Å²) in [6, 6.07) is 0.241. The van der Waals surface area contributed by atoms with Crippen molar-refractivity contribution in [3.8, 4) is 0 Å². The molecule has 3 N–H and O–H groups in total. The van der Waals surface area contributed by atoms with Gasteiger partial charge in [0.15, 0.2) is 0 Å². The number of hydrogen-bond donors (Lipinski definition) is 2. The fraction of sp³-hybridized carbons (Fsp3) is 0.929. The zero-order valence-electron chi connectivity index (χ0n) is 12.2. The van der Waals surface area contributed by atoms with Crippen LogP contribution in [0.1, 0.15) is 47.0 Å². The molecule has 3 atom stereocenters. The van der Waals surface area contributed by atoms with Crippen LogP contribution in [0.4, 0.5) is 0 Å². The third-order valence-corrected chi connectivity index (χ3v) is 4.59. The molecule has 1 rings (SSSR count). The Kier molecular flexibility index (Phi) is 5.60. The maximum Gasteiger partial charge on any atom is 0.224 e. The standard InChI is InChI=1S/C14H28N2O2/c1-5-14(6-2)11(8-12(14)18-7-3)16-13(17)10(4)9-15/h10-12H,5-9,15H2,1-4H3,(H,16,17). The first kappa shape index (κ1) is 15.4. The van der Waals surface area contributed by atoms with Gasteiger partial charge in [0, 0.05) is 30.5 Å². The minimum atomic E-state index is -0.109. The lowest BCUT2D eigenvalue weighted by atomic mass is 9.58. The first-order chi connectivity index (χ1) is 8.55. The van der Waals surface area contributed by atoms with Crippen LogP contribution in [0, 0.1) is 11.3 Å². The molecule has 0 aromatic rings. The summed E-state index contributed by atoms with van der Waals surface area (Å²) < 4.78 is 5.80. The third-order valence-electron chi connectivity index (χ3n) is 4.59. The summed E-state index contributed by atoms with van der Waals surface area (Å²) in [6.07, 6.45) is 3.29. The molecular formula is C14H28N2O2. The van der Waals surface area contributed by atoms with Crippen molar-refractivity contribution in [1.82, 2.24) is 5.32 Å². The van der Waals surface area contributed by atoms with Crippen molar-refractivity contribution in [3.63, 3.8) is 0 Å². The van der Waals surface area contributed by atoms with E-state index in [0.29, 0.717) is 6.54 Å². The molecule has 1 amide bonds. The maximum absolute atomic E-state index is 11.9. The molecule has 1 aliphatic rings. The highest BCUT2D eigenvalue weighted by molar-refractivity contribution is 5.79. The number of nitrogens with two attached hydrogens (primary N) is 1. The molecule has 106 valence electrons. The van der Waals surface area contributed by atoms with Gasteiger partial charge in [-0.3, -0.25) is 4.79 Å². The van der Waals surface area contributed by atoms with E-state index in [4.69, 9.17) is 10.5 Å². The molecule has 0 heterocycles. The predicted octanol–water partition coefficient (Wildman–Crippen LogP) is 1.68. The van der Waals surface area contributed by atoms with Gasteiger partial charge in [0.2, 0.25) is 5.91 Å². The van der Waals surface area contributed by atoms with Crippen LogP contribution in [0.2, 0.25) is 0 Å². The Balaban J connectivity index is 2.65. The highest BCUT2D eigenvalue weighted by Gasteiger charge is 2.53. The van der Waals surface area contributed by atoms with Crippen LogP contribution >= 0.6 is 0 Å². The second-order valence-electron chi connectivity index (χ2n) is 5.32. The van der Waals surface area contributed by atoms with Crippen molar-refractivity contribution in [2.24, 2.45) is 17.1 Å². The largest absolute Gasteiger partial charge is 0.378 e. The zero-order chi connectivity index (χ0) is 13.8. The SMILES string of the molecule is CCOC1CC(NC(=O)C(C)CN)C1(CC)CC. The maximum atomic E-state index is 11.9. The molecule has 0 aliphatic heterocycles. The van der Waals surface area contributed by atoms with Gasteiger partial charge in [0.25, 0.3) is 0 Å². The fourth-order valence-corrected chi connectivity index (χ4v) is 3.00. The topological polar surface area (TPSA) is 64.3 Å². The van der Waals surface area contributed by atoms with Crippen LogP contribution in [0.15, 0.2) is 0 Å². The minimum Gasteiger partial charge on any atom is -0.378 e. The molecule has 0 spiro atoms. The monoisotopic (exact) mass is 256 g/mol. The number of amides is 1. The number of carbonyl (C=O) groups excluding carboxylic acids is 1. The molecule has 18 heavy (non-hydrogen) atoms. The number of ether oxygens (including phenoxy) is 1. The van der Waals surface area contributed by atoms with Crippen LogP contribution in [0.5, 0.6) is 0 Å². The van der Waals surface area contributed by atoms with E-state index in [1.807, 2.05) is 13.8 Å². The van der Waals surface area contributed by atoms with Crippen molar-refractivity contribution < 1.29 is 9.53 Å². The number of carbonyl (C=O) groups is 1. The van der Waals surface area contributed by atoms with E-state index in [1.54, 1.807) is 0 Å². The Morgan fingerprint density at radius 3 is 2.50 bits per heavy atom. The number of nitrogens with one attached hydrogen (secondary N) is 1. The molecule has 1 saturated carbocycles. The van der Waals surface area contributed by atoms with Crippen LogP contribution in [-0.4, -0.2) is 31.2 Å². The van der Waals surface area contributed by atoms with Gasteiger partial charge in [0.1, 0.15) is 0 Å². The van der Waals surface area contributed by atoms with Gasteiger partial charge in [-0.25, -0.2) is 0 Å². The molecule has 0 radical (unpaired) electrons. The number of hydrogen-bond acceptors (Lipinski definition) is 3. The first-order valence-electron chi connectivity index (χ1n) is 7.17. The summed E-state index contributed by atoms with van der Waals surface area (Å²) in [6.45, 7) is 9.40. The zero-order valence-corrected chi connectivity index (χ0v) is 12.2. The molecule has 3 unspecified atom stereocenters. The van der Waals surface area contributed by atoms with Gasteiger partial charge in [-0.05, 0) is 26.2 Å². The average Bonchev–Trinajstić information content (AvgIpc) is 2.37. The Morgan fingerprint density at radius 2 is 2.06 bits per heavy atom. The van der Waals surface area contributed by atoms with E-state index in [2.05, 4.69) is 19.2 Å². The average molecular weight is 256 g/mol. The van der Waals surface area contributed by atoms with Crippen molar-refractivity contribution in [1.29, 1.82) is 0 Å². The second-order valence-corrected chi connectivity index (χ2v) is 5.32. The molecule has 1 aliphatic carbocycles. The normalized spacial score (nSPS) is 27.4. The van der Waals surface area contributed by atoms with E-state index >= 15 is 0 Å². The molecule has 0 aromatic heterocycles. The Labute approximate surface area is 111 Å². The summed E-state index contributed by atoms with van der Waals surface area (Å²) >= 11 is 0. The van der Waals surface area contributed by atoms with Crippen molar-refractivity contribution in [2.75, 3.05) is 13.2 Å². The molecule has 0 aromatic carbocycles. The highest BCUT2D eigenvalue weighted by Crippen LogP contribution is 2.48. The lowest BCUT2D eigenvalue weighted by Crippen LogP contribution is -2.65. The fourth-order valence-electron chi connectivity index (χ4n) is 3.00. The molecular weight excluding hydrogens is 228 g/mol. The van der Waals surface area contributed by atoms with Gasteiger partial charge in [-0.2, -0.15) is 0 Å². The minimum absolute atomic E-state index is 0.0729. The van der Waals surface area contributed by atoms with Gasteiger partial charge >= 0.3 is 0 Å². The summed E-state index contributed by atoms with van der Waals surface area (Å²) in [5, 5.41) is 3.15. The Morgan fingerprint density at radius 1 is 1.44 bits per heavy atom. The molecule has 1 fully saturated rings. The molecule has 0 bridgehead atoms. The van der Waals surface area contributed by atoms with Crippen molar-refractivity contribution >= 4 is 5.91 Å².